The fourth-order valence-corrected chi connectivity index (χ4v) is 4.41. The highest BCUT2D eigenvalue weighted by Crippen LogP contribution is 2.26. The molecule has 0 bridgehead atoms. The first-order valence-electron chi connectivity index (χ1n) is 8.24. The smallest absolute Gasteiger partial charge is 0.227 e. The van der Waals surface area contributed by atoms with Gasteiger partial charge >= 0.3 is 0 Å². The Morgan fingerprint density at radius 1 is 1.21 bits per heavy atom. The fraction of sp³-hybridized carbons (Fsp3) is 0.471. The van der Waals surface area contributed by atoms with Crippen LogP contribution in [0.3, 0.4) is 0 Å². The summed E-state index contributed by atoms with van der Waals surface area (Å²) in [5.41, 5.74) is 1.63. The molecule has 1 aromatic carbocycles. The van der Waals surface area contributed by atoms with Gasteiger partial charge in [-0.05, 0) is 24.6 Å². The molecule has 2 aromatic rings. The molecule has 0 N–H and O–H groups in total. The fourth-order valence-electron chi connectivity index (χ4n) is 3.34. The van der Waals surface area contributed by atoms with Gasteiger partial charge in [0.2, 0.25) is 5.91 Å². The first kappa shape index (κ1) is 16.0. The van der Waals surface area contributed by atoms with Crippen LogP contribution < -0.4 is 4.90 Å². The lowest BCUT2D eigenvalue weighted by atomic mass is 10.1. The predicted molar refractivity (Wildman–Crippen MR) is 98.8 cm³/mol. The van der Waals surface area contributed by atoms with E-state index in [0.717, 1.165) is 61.0 Å². The van der Waals surface area contributed by atoms with Crippen LogP contribution in [0.1, 0.15) is 6.42 Å². The van der Waals surface area contributed by atoms with E-state index in [0.29, 0.717) is 10.9 Å². The van der Waals surface area contributed by atoms with E-state index in [1.807, 2.05) is 34.9 Å². The minimum absolute atomic E-state index is 0.0795. The van der Waals surface area contributed by atoms with Gasteiger partial charge in [0.15, 0.2) is 0 Å². The Morgan fingerprint density at radius 3 is 2.88 bits per heavy atom. The van der Waals surface area contributed by atoms with E-state index in [1.165, 1.54) is 0 Å². The number of amides is 1. The van der Waals surface area contributed by atoms with Crippen molar-refractivity contribution >= 4 is 46.1 Å². The largest absolute Gasteiger partial charge is 0.354 e. The second-order valence-corrected chi connectivity index (χ2v) is 7.89. The number of benzene rings is 1. The van der Waals surface area contributed by atoms with Crippen LogP contribution in [0.5, 0.6) is 0 Å². The maximum absolute atomic E-state index is 12.7. The molecule has 2 saturated heterocycles. The summed E-state index contributed by atoms with van der Waals surface area (Å²) in [6.45, 7) is 3.36. The van der Waals surface area contributed by atoms with Gasteiger partial charge in [-0.2, -0.15) is 11.8 Å². The van der Waals surface area contributed by atoms with Gasteiger partial charge in [-0.3, -0.25) is 9.78 Å². The molecule has 7 heteroatoms. The molecule has 1 atom stereocenters. The van der Waals surface area contributed by atoms with Gasteiger partial charge in [-0.1, -0.05) is 11.6 Å². The monoisotopic (exact) mass is 362 g/mol. The second kappa shape index (κ2) is 6.76. The van der Waals surface area contributed by atoms with Crippen molar-refractivity contribution in [1.82, 2.24) is 14.9 Å². The number of halogens is 1. The summed E-state index contributed by atoms with van der Waals surface area (Å²) in [6.07, 6.45) is 2.67. The molecule has 0 spiro atoms. The van der Waals surface area contributed by atoms with Gasteiger partial charge < -0.3 is 9.80 Å². The van der Waals surface area contributed by atoms with E-state index in [-0.39, 0.29) is 5.92 Å². The molecule has 3 heterocycles. The molecule has 0 saturated carbocycles. The highest BCUT2D eigenvalue weighted by molar-refractivity contribution is 7.99. The van der Waals surface area contributed by atoms with Crippen molar-refractivity contribution in [3.63, 3.8) is 0 Å². The van der Waals surface area contributed by atoms with Crippen molar-refractivity contribution in [2.75, 3.05) is 42.6 Å². The maximum Gasteiger partial charge on any atom is 0.227 e. The Hall–Kier alpha value is -1.53. The molecule has 2 aliphatic rings. The summed E-state index contributed by atoms with van der Waals surface area (Å²) in [5, 5.41) is 0.663. The maximum atomic E-state index is 12.7. The van der Waals surface area contributed by atoms with E-state index >= 15 is 0 Å². The predicted octanol–water partition coefficient (Wildman–Crippen LogP) is 2.68. The van der Waals surface area contributed by atoms with E-state index in [4.69, 9.17) is 11.6 Å². The highest BCUT2D eigenvalue weighted by Gasteiger charge is 2.32. The standard InChI is InChI=1S/C17H19ClN4OS/c18-13-1-2-14-15(9-13)19-10-16(20-14)22-4-3-12(11-22)17(23)21-5-7-24-8-6-21/h1-2,9-10,12H,3-8,11H2. The lowest BCUT2D eigenvalue weighted by molar-refractivity contribution is -0.134. The van der Waals surface area contributed by atoms with E-state index < -0.39 is 0 Å². The number of aromatic nitrogens is 2. The second-order valence-electron chi connectivity index (χ2n) is 6.23. The van der Waals surface area contributed by atoms with Gasteiger partial charge in [0, 0.05) is 42.7 Å². The van der Waals surface area contributed by atoms with Crippen molar-refractivity contribution in [3.05, 3.63) is 29.4 Å². The minimum atomic E-state index is 0.0795. The van der Waals surface area contributed by atoms with E-state index in [2.05, 4.69) is 14.9 Å². The number of rotatable bonds is 2. The summed E-state index contributed by atoms with van der Waals surface area (Å²) in [6, 6.07) is 5.53. The first-order chi connectivity index (χ1) is 11.7. The molecule has 0 aliphatic carbocycles. The third-order valence-corrected chi connectivity index (χ3v) is 5.85. The van der Waals surface area contributed by atoms with Crippen LogP contribution in [-0.4, -0.2) is 58.5 Å². The lowest BCUT2D eigenvalue weighted by Crippen LogP contribution is -2.42. The van der Waals surface area contributed by atoms with E-state index in [9.17, 15) is 4.79 Å². The number of anilines is 1. The van der Waals surface area contributed by atoms with E-state index in [1.54, 1.807) is 6.20 Å². The Kier molecular flexibility index (Phi) is 4.50. The van der Waals surface area contributed by atoms with Crippen molar-refractivity contribution < 1.29 is 4.79 Å². The molecule has 4 rings (SSSR count). The van der Waals surface area contributed by atoms with Gasteiger partial charge in [0.25, 0.3) is 0 Å². The van der Waals surface area contributed by atoms with Crippen molar-refractivity contribution in [1.29, 1.82) is 0 Å². The van der Waals surface area contributed by atoms with Crippen LogP contribution in [0.2, 0.25) is 5.02 Å². The third kappa shape index (κ3) is 3.17. The van der Waals surface area contributed by atoms with Crippen LogP contribution in [0.25, 0.3) is 11.0 Å². The van der Waals surface area contributed by atoms with Crippen LogP contribution in [0.4, 0.5) is 5.82 Å². The van der Waals surface area contributed by atoms with Gasteiger partial charge in [-0.25, -0.2) is 4.98 Å². The van der Waals surface area contributed by atoms with Gasteiger partial charge in [0.1, 0.15) is 5.82 Å². The molecule has 2 aliphatic heterocycles. The Balaban J connectivity index is 1.48. The summed E-state index contributed by atoms with van der Waals surface area (Å²) in [5.74, 6) is 3.34. The van der Waals surface area contributed by atoms with Crippen LogP contribution in [0, 0.1) is 5.92 Å². The molecule has 1 unspecified atom stereocenters. The molecule has 0 radical (unpaired) electrons. The Morgan fingerprint density at radius 2 is 2.04 bits per heavy atom. The molecule has 126 valence electrons. The molecule has 1 aromatic heterocycles. The first-order valence-corrected chi connectivity index (χ1v) is 9.78. The summed E-state index contributed by atoms with van der Waals surface area (Å²) in [4.78, 5) is 26.0. The van der Waals surface area contributed by atoms with Crippen LogP contribution >= 0.6 is 23.4 Å². The van der Waals surface area contributed by atoms with Crippen LogP contribution in [0.15, 0.2) is 24.4 Å². The molecular weight excluding hydrogens is 344 g/mol. The van der Waals surface area contributed by atoms with Crippen molar-refractivity contribution in [3.8, 4) is 0 Å². The van der Waals surface area contributed by atoms with Crippen molar-refractivity contribution in [2.45, 2.75) is 6.42 Å². The number of hydrogen-bond acceptors (Lipinski definition) is 5. The van der Waals surface area contributed by atoms with Gasteiger partial charge in [0.05, 0.1) is 23.1 Å². The normalized spacial score (nSPS) is 21.5. The molecular formula is C17H19ClN4OS. The van der Waals surface area contributed by atoms with Crippen molar-refractivity contribution in [2.24, 2.45) is 5.92 Å². The van der Waals surface area contributed by atoms with Gasteiger partial charge in [-0.15, -0.1) is 0 Å². The number of fused-ring (bicyclic) bond motifs is 1. The lowest BCUT2D eigenvalue weighted by Gasteiger charge is -2.29. The zero-order valence-electron chi connectivity index (χ0n) is 13.3. The molecule has 1 amide bonds. The van der Waals surface area contributed by atoms with Crippen LogP contribution in [-0.2, 0) is 4.79 Å². The number of carbonyl (C=O) groups excluding carboxylic acids is 1. The topological polar surface area (TPSA) is 49.3 Å². The molecule has 24 heavy (non-hydrogen) atoms. The SMILES string of the molecule is O=C(C1CCN(c2cnc3cc(Cl)ccc3n2)C1)N1CCSCC1. The summed E-state index contributed by atoms with van der Waals surface area (Å²) >= 11 is 7.92. The number of nitrogens with zero attached hydrogens (tertiary/aromatic N) is 4. The third-order valence-electron chi connectivity index (χ3n) is 4.68. The highest BCUT2D eigenvalue weighted by atomic mass is 35.5. The number of thioether (sulfide) groups is 1. The average molecular weight is 363 g/mol. The number of hydrogen-bond donors (Lipinski definition) is 0. The Labute approximate surface area is 150 Å². The zero-order valence-corrected chi connectivity index (χ0v) is 14.9. The molecule has 5 nitrogen and oxygen atoms in total. The summed E-state index contributed by atoms with van der Waals surface area (Å²) < 4.78 is 0. The number of carbonyl (C=O) groups is 1. The summed E-state index contributed by atoms with van der Waals surface area (Å²) in [7, 11) is 0. The Bertz CT molecular complexity index is 765. The quantitative estimate of drug-likeness (QED) is 0.822. The minimum Gasteiger partial charge on any atom is -0.354 e. The molecule has 2 fully saturated rings. The average Bonchev–Trinajstić information content (AvgIpc) is 3.11. The zero-order chi connectivity index (χ0) is 16.5.